The maximum Gasteiger partial charge on any atom is 0.321 e. The number of amides is 3. The minimum absolute atomic E-state index is 0.0337. The zero-order chi connectivity index (χ0) is 15.5. The van der Waals surface area contributed by atoms with Crippen molar-refractivity contribution in [3.8, 4) is 0 Å². The van der Waals surface area contributed by atoms with Gasteiger partial charge in [-0.25, -0.2) is 9.48 Å². The summed E-state index contributed by atoms with van der Waals surface area (Å²) in [5.74, 6) is -0.427. The van der Waals surface area contributed by atoms with E-state index in [2.05, 4.69) is 26.3 Å². The Morgan fingerprint density at radius 3 is 2.71 bits per heavy atom. The van der Waals surface area contributed by atoms with Crippen LogP contribution in [-0.4, -0.2) is 38.5 Å². The van der Waals surface area contributed by atoms with Crippen molar-refractivity contribution in [1.29, 1.82) is 0 Å². The molecule has 0 unspecified atom stereocenters. The first-order chi connectivity index (χ1) is 9.82. The summed E-state index contributed by atoms with van der Waals surface area (Å²) in [4.78, 5) is 23.3. The summed E-state index contributed by atoms with van der Waals surface area (Å²) < 4.78 is 1.42. The van der Waals surface area contributed by atoms with Gasteiger partial charge in [-0.1, -0.05) is 5.21 Å². The first-order valence-electron chi connectivity index (χ1n) is 7.06. The highest BCUT2D eigenvalue weighted by atomic mass is 16.2. The average Bonchev–Trinajstić information content (AvgIpc) is 3.05. The van der Waals surface area contributed by atoms with Gasteiger partial charge in [-0.15, -0.1) is 5.10 Å². The Labute approximate surface area is 123 Å². The highest BCUT2D eigenvalue weighted by molar-refractivity contribution is 5.94. The molecule has 8 nitrogen and oxygen atoms in total. The molecule has 0 bridgehead atoms. The van der Waals surface area contributed by atoms with Crippen molar-refractivity contribution < 1.29 is 9.59 Å². The molecule has 0 aliphatic heterocycles. The normalized spacial score (nSPS) is 14.8. The quantitative estimate of drug-likeness (QED) is 0.718. The van der Waals surface area contributed by atoms with Gasteiger partial charge in [0.05, 0.1) is 11.9 Å². The number of aromatic nitrogens is 3. The molecule has 0 aromatic carbocycles. The number of carbonyl (C=O) groups is 2. The van der Waals surface area contributed by atoms with Gasteiger partial charge in [-0.05, 0) is 33.6 Å². The minimum Gasteiger partial charge on any atom is -0.333 e. The molecule has 3 N–H and O–H groups in total. The number of urea groups is 1. The molecule has 21 heavy (non-hydrogen) atoms. The number of nitrogens with zero attached hydrogens (tertiary/aromatic N) is 3. The second-order valence-electron chi connectivity index (χ2n) is 6.31. The molecule has 1 fully saturated rings. The highest BCUT2D eigenvalue weighted by Gasteiger charge is 2.20. The summed E-state index contributed by atoms with van der Waals surface area (Å²) >= 11 is 0. The fraction of sp³-hybridized carbons (Fsp3) is 0.692. The van der Waals surface area contributed by atoms with Gasteiger partial charge >= 0.3 is 6.03 Å². The lowest BCUT2D eigenvalue weighted by atomic mass is 10.1. The van der Waals surface area contributed by atoms with Crippen molar-refractivity contribution in [2.24, 2.45) is 0 Å². The SMILES string of the molecule is CC(C)(C)NC(=O)NC(=O)Cn1cc(CNC2CC2)nn1. The lowest BCUT2D eigenvalue weighted by Crippen LogP contribution is -2.48. The molecule has 0 radical (unpaired) electrons. The van der Waals surface area contributed by atoms with E-state index in [0.29, 0.717) is 12.6 Å². The number of rotatable bonds is 5. The smallest absolute Gasteiger partial charge is 0.321 e. The van der Waals surface area contributed by atoms with E-state index in [1.807, 2.05) is 20.8 Å². The fourth-order valence-corrected chi connectivity index (χ4v) is 1.72. The lowest BCUT2D eigenvalue weighted by molar-refractivity contribution is -0.120. The second-order valence-corrected chi connectivity index (χ2v) is 6.31. The van der Waals surface area contributed by atoms with Crippen molar-refractivity contribution in [2.75, 3.05) is 0 Å². The monoisotopic (exact) mass is 294 g/mol. The molecule has 3 amide bonds. The number of carbonyl (C=O) groups excluding carboxylic acids is 2. The maximum atomic E-state index is 11.7. The minimum atomic E-state index is -0.511. The van der Waals surface area contributed by atoms with Gasteiger partial charge in [0.1, 0.15) is 6.54 Å². The molecule has 116 valence electrons. The first kappa shape index (κ1) is 15.4. The predicted octanol–water partition coefficient (Wildman–Crippen LogP) is 0.154. The highest BCUT2D eigenvalue weighted by Crippen LogP contribution is 2.18. The molecule has 1 saturated carbocycles. The summed E-state index contributed by atoms with van der Waals surface area (Å²) in [6.45, 7) is 6.14. The molecule has 0 spiro atoms. The Bertz CT molecular complexity index is 515. The van der Waals surface area contributed by atoms with Crippen LogP contribution in [0.3, 0.4) is 0 Å². The molecule has 1 aromatic rings. The van der Waals surface area contributed by atoms with Gasteiger partial charge in [0.2, 0.25) is 5.91 Å². The third kappa shape index (κ3) is 5.90. The molecule has 0 atom stereocenters. The summed E-state index contributed by atoms with van der Waals surface area (Å²) in [6.07, 6.45) is 4.12. The number of imide groups is 1. The summed E-state index contributed by atoms with van der Waals surface area (Å²) in [6, 6.07) is 0.0859. The zero-order valence-electron chi connectivity index (χ0n) is 12.6. The Kier molecular flexibility index (Phi) is 4.56. The van der Waals surface area contributed by atoms with Crippen LogP contribution in [0.4, 0.5) is 4.79 Å². The van der Waals surface area contributed by atoms with E-state index in [0.717, 1.165) is 5.69 Å². The topological polar surface area (TPSA) is 101 Å². The third-order valence-corrected chi connectivity index (χ3v) is 2.78. The van der Waals surface area contributed by atoms with Crippen molar-refractivity contribution >= 4 is 11.9 Å². The molecule has 2 rings (SSSR count). The second kappa shape index (κ2) is 6.21. The Balaban J connectivity index is 1.75. The molecule has 1 aromatic heterocycles. The van der Waals surface area contributed by atoms with Crippen molar-refractivity contribution in [2.45, 2.75) is 58.3 Å². The molecule has 1 aliphatic carbocycles. The van der Waals surface area contributed by atoms with Crippen LogP contribution < -0.4 is 16.0 Å². The van der Waals surface area contributed by atoms with Gasteiger partial charge in [-0.2, -0.15) is 0 Å². The number of nitrogens with one attached hydrogen (secondary N) is 3. The molecular weight excluding hydrogens is 272 g/mol. The molecule has 8 heteroatoms. The van der Waals surface area contributed by atoms with Crippen LogP contribution >= 0.6 is 0 Å². The van der Waals surface area contributed by atoms with E-state index in [1.165, 1.54) is 17.5 Å². The van der Waals surface area contributed by atoms with E-state index in [4.69, 9.17) is 0 Å². The molecule has 0 saturated heterocycles. The van der Waals surface area contributed by atoms with E-state index in [1.54, 1.807) is 6.20 Å². The van der Waals surface area contributed by atoms with Crippen LogP contribution in [0.15, 0.2) is 6.20 Å². The van der Waals surface area contributed by atoms with Crippen LogP contribution in [-0.2, 0) is 17.9 Å². The van der Waals surface area contributed by atoms with Gasteiger partial charge in [0, 0.05) is 18.1 Å². The van der Waals surface area contributed by atoms with E-state index in [-0.39, 0.29) is 12.1 Å². The predicted molar refractivity (Wildman–Crippen MR) is 76.3 cm³/mol. The number of hydrogen-bond donors (Lipinski definition) is 3. The summed E-state index contributed by atoms with van der Waals surface area (Å²) in [5, 5.41) is 16.1. The zero-order valence-corrected chi connectivity index (χ0v) is 12.6. The Morgan fingerprint density at radius 2 is 2.10 bits per heavy atom. The van der Waals surface area contributed by atoms with Crippen LogP contribution in [0.25, 0.3) is 0 Å². The van der Waals surface area contributed by atoms with Crippen molar-refractivity contribution in [1.82, 2.24) is 30.9 Å². The van der Waals surface area contributed by atoms with E-state index < -0.39 is 11.9 Å². The summed E-state index contributed by atoms with van der Waals surface area (Å²) in [5.41, 5.74) is 0.396. The molecule has 1 heterocycles. The largest absolute Gasteiger partial charge is 0.333 e. The van der Waals surface area contributed by atoms with Crippen LogP contribution in [0.1, 0.15) is 39.3 Å². The van der Waals surface area contributed by atoms with Crippen molar-refractivity contribution in [3.63, 3.8) is 0 Å². The summed E-state index contributed by atoms with van der Waals surface area (Å²) in [7, 11) is 0. The Hall–Kier alpha value is -1.96. The lowest BCUT2D eigenvalue weighted by Gasteiger charge is -2.20. The van der Waals surface area contributed by atoms with Crippen LogP contribution in [0, 0.1) is 0 Å². The van der Waals surface area contributed by atoms with Gasteiger partial charge in [0.15, 0.2) is 0 Å². The molecular formula is C13H22N6O2. The average molecular weight is 294 g/mol. The fourth-order valence-electron chi connectivity index (χ4n) is 1.72. The van der Waals surface area contributed by atoms with Gasteiger partial charge < -0.3 is 10.6 Å². The number of hydrogen-bond acceptors (Lipinski definition) is 5. The van der Waals surface area contributed by atoms with Crippen LogP contribution in [0.5, 0.6) is 0 Å². The van der Waals surface area contributed by atoms with Gasteiger partial charge in [0.25, 0.3) is 0 Å². The van der Waals surface area contributed by atoms with Crippen molar-refractivity contribution in [3.05, 3.63) is 11.9 Å². The van der Waals surface area contributed by atoms with Gasteiger partial charge in [-0.3, -0.25) is 10.1 Å². The first-order valence-corrected chi connectivity index (χ1v) is 7.06. The van der Waals surface area contributed by atoms with E-state index in [9.17, 15) is 9.59 Å². The third-order valence-electron chi connectivity index (χ3n) is 2.78. The van der Waals surface area contributed by atoms with E-state index >= 15 is 0 Å². The maximum absolute atomic E-state index is 11.7. The Morgan fingerprint density at radius 1 is 1.38 bits per heavy atom. The molecule has 1 aliphatic rings. The standard InChI is InChI=1S/C13H22N6O2/c1-13(2,3)16-12(21)15-11(20)8-19-7-10(17-18-19)6-14-9-4-5-9/h7,9,14H,4-6,8H2,1-3H3,(H2,15,16,20,21). The van der Waals surface area contributed by atoms with Crippen LogP contribution in [0.2, 0.25) is 0 Å².